The van der Waals surface area contributed by atoms with Crippen molar-refractivity contribution in [2.45, 2.75) is 31.9 Å². The zero-order chi connectivity index (χ0) is 8.27. The van der Waals surface area contributed by atoms with E-state index in [9.17, 15) is 5.11 Å². The minimum atomic E-state index is -0.119. The summed E-state index contributed by atoms with van der Waals surface area (Å²) < 4.78 is 0. The molecular weight excluding hydrogens is 138 g/mol. The molecule has 0 amide bonds. The highest BCUT2D eigenvalue weighted by Crippen LogP contribution is 2.16. The van der Waals surface area contributed by atoms with Gasteiger partial charge in [-0.2, -0.15) is 0 Å². The lowest BCUT2D eigenvalue weighted by atomic mass is 10.0. The summed E-state index contributed by atoms with van der Waals surface area (Å²) in [6.45, 7) is 7.61. The summed E-state index contributed by atoms with van der Waals surface area (Å²) in [6, 6.07) is 0.608. The molecule has 1 saturated heterocycles. The lowest BCUT2D eigenvalue weighted by Gasteiger charge is -2.35. The van der Waals surface area contributed by atoms with Gasteiger partial charge in [-0.15, -0.1) is 6.58 Å². The van der Waals surface area contributed by atoms with Crippen molar-refractivity contribution in [3.05, 3.63) is 12.7 Å². The first kappa shape index (κ1) is 8.75. The van der Waals surface area contributed by atoms with Gasteiger partial charge in [-0.1, -0.05) is 6.08 Å². The number of piperidine rings is 1. The molecular formula is C9H17NO. The highest BCUT2D eigenvalue weighted by atomic mass is 16.3. The van der Waals surface area contributed by atoms with Gasteiger partial charge < -0.3 is 5.11 Å². The maximum Gasteiger partial charge on any atom is 0.0667 e. The van der Waals surface area contributed by atoms with Crippen LogP contribution in [0.25, 0.3) is 0 Å². The van der Waals surface area contributed by atoms with E-state index in [2.05, 4.69) is 18.4 Å². The molecule has 1 fully saturated rings. The normalized spacial score (nSPS) is 33.6. The molecule has 2 heteroatoms. The Morgan fingerprint density at radius 1 is 1.64 bits per heavy atom. The zero-order valence-electron chi connectivity index (χ0n) is 7.16. The van der Waals surface area contributed by atoms with Crippen molar-refractivity contribution >= 4 is 0 Å². The number of rotatable bonds is 2. The number of aliphatic hydroxyl groups is 1. The molecule has 0 radical (unpaired) electrons. The molecule has 1 rings (SSSR count). The van der Waals surface area contributed by atoms with Gasteiger partial charge in [0.2, 0.25) is 0 Å². The third-order valence-electron chi connectivity index (χ3n) is 2.35. The Hall–Kier alpha value is -0.340. The minimum Gasteiger partial charge on any atom is -0.392 e. The van der Waals surface area contributed by atoms with Gasteiger partial charge in [0.25, 0.3) is 0 Å². The standard InChI is InChI=1S/C9H17NO/c1-3-6-10-7-9(11)5-4-8(10)2/h3,8-9,11H,1,4-7H2,2H3. The van der Waals surface area contributed by atoms with E-state index in [-0.39, 0.29) is 6.10 Å². The average Bonchev–Trinajstić information content (AvgIpc) is 1.98. The number of hydrogen-bond acceptors (Lipinski definition) is 2. The van der Waals surface area contributed by atoms with E-state index in [1.54, 1.807) is 0 Å². The Labute approximate surface area is 68.5 Å². The molecule has 0 saturated carbocycles. The number of hydrogen-bond donors (Lipinski definition) is 1. The van der Waals surface area contributed by atoms with E-state index in [1.807, 2.05) is 6.08 Å². The second-order valence-electron chi connectivity index (χ2n) is 3.32. The Bertz CT molecular complexity index is 136. The van der Waals surface area contributed by atoms with Gasteiger partial charge in [0.15, 0.2) is 0 Å². The van der Waals surface area contributed by atoms with Crippen molar-refractivity contribution in [2.24, 2.45) is 0 Å². The first-order valence-corrected chi connectivity index (χ1v) is 4.27. The van der Waals surface area contributed by atoms with E-state index in [0.717, 1.165) is 25.9 Å². The molecule has 64 valence electrons. The van der Waals surface area contributed by atoms with E-state index in [0.29, 0.717) is 6.04 Å². The van der Waals surface area contributed by atoms with Gasteiger partial charge in [0.05, 0.1) is 6.10 Å². The Kier molecular flexibility index (Phi) is 3.09. The molecule has 1 heterocycles. The Morgan fingerprint density at radius 2 is 2.36 bits per heavy atom. The molecule has 2 nitrogen and oxygen atoms in total. The van der Waals surface area contributed by atoms with Gasteiger partial charge in [-0.3, -0.25) is 4.90 Å². The quantitative estimate of drug-likeness (QED) is 0.602. The molecule has 1 N–H and O–H groups in total. The fraction of sp³-hybridized carbons (Fsp3) is 0.778. The number of likely N-dealkylation sites (tertiary alicyclic amines) is 1. The zero-order valence-corrected chi connectivity index (χ0v) is 7.16. The smallest absolute Gasteiger partial charge is 0.0667 e. The summed E-state index contributed by atoms with van der Waals surface area (Å²) in [5.74, 6) is 0. The van der Waals surface area contributed by atoms with Crippen molar-refractivity contribution in [1.29, 1.82) is 0 Å². The fourth-order valence-corrected chi connectivity index (χ4v) is 1.58. The molecule has 0 spiro atoms. The Balaban J connectivity index is 2.40. The molecule has 0 aromatic rings. The average molecular weight is 155 g/mol. The molecule has 2 atom stereocenters. The molecule has 0 aliphatic carbocycles. The van der Waals surface area contributed by atoms with E-state index in [4.69, 9.17) is 0 Å². The lowest BCUT2D eigenvalue weighted by molar-refractivity contribution is 0.0482. The highest BCUT2D eigenvalue weighted by Gasteiger charge is 2.22. The monoisotopic (exact) mass is 155 g/mol. The topological polar surface area (TPSA) is 23.5 Å². The fourth-order valence-electron chi connectivity index (χ4n) is 1.58. The molecule has 1 aliphatic heterocycles. The summed E-state index contributed by atoms with van der Waals surface area (Å²) >= 11 is 0. The van der Waals surface area contributed by atoms with Crippen LogP contribution in [0.15, 0.2) is 12.7 Å². The van der Waals surface area contributed by atoms with Crippen molar-refractivity contribution in [1.82, 2.24) is 4.90 Å². The first-order chi connectivity index (χ1) is 5.24. The van der Waals surface area contributed by atoms with Crippen LogP contribution in [0.1, 0.15) is 19.8 Å². The second-order valence-corrected chi connectivity index (χ2v) is 3.32. The van der Waals surface area contributed by atoms with E-state index >= 15 is 0 Å². The van der Waals surface area contributed by atoms with Crippen LogP contribution in [0.3, 0.4) is 0 Å². The van der Waals surface area contributed by atoms with Crippen LogP contribution in [-0.4, -0.2) is 35.2 Å². The summed E-state index contributed by atoms with van der Waals surface area (Å²) in [4.78, 5) is 2.27. The molecule has 0 aromatic heterocycles. The van der Waals surface area contributed by atoms with Crippen LogP contribution in [0.2, 0.25) is 0 Å². The second kappa shape index (κ2) is 3.88. The minimum absolute atomic E-state index is 0.119. The first-order valence-electron chi connectivity index (χ1n) is 4.27. The maximum absolute atomic E-state index is 9.35. The van der Waals surface area contributed by atoms with Gasteiger partial charge in [-0.05, 0) is 19.8 Å². The summed E-state index contributed by atoms with van der Waals surface area (Å²) in [7, 11) is 0. The maximum atomic E-state index is 9.35. The molecule has 1 aliphatic rings. The number of β-amino-alcohol motifs (C(OH)–C–C–N with tert-alkyl or cyclic N) is 1. The number of nitrogens with zero attached hydrogens (tertiary/aromatic N) is 1. The predicted octanol–water partition coefficient (Wildman–Crippen LogP) is 1.02. The summed E-state index contributed by atoms with van der Waals surface area (Å²) in [5, 5.41) is 9.35. The molecule has 0 aromatic carbocycles. The van der Waals surface area contributed by atoms with Crippen LogP contribution in [0, 0.1) is 0 Å². The van der Waals surface area contributed by atoms with Crippen molar-refractivity contribution < 1.29 is 5.11 Å². The van der Waals surface area contributed by atoms with E-state index < -0.39 is 0 Å². The largest absolute Gasteiger partial charge is 0.392 e. The van der Waals surface area contributed by atoms with Crippen LogP contribution in [0.5, 0.6) is 0 Å². The summed E-state index contributed by atoms with van der Waals surface area (Å²) in [5.41, 5.74) is 0. The van der Waals surface area contributed by atoms with Crippen molar-refractivity contribution in [3.63, 3.8) is 0 Å². The van der Waals surface area contributed by atoms with Crippen LogP contribution < -0.4 is 0 Å². The van der Waals surface area contributed by atoms with Crippen LogP contribution >= 0.6 is 0 Å². The van der Waals surface area contributed by atoms with Gasteiger partial charge in [0.1, 0.15) is 0 Å². The van der Waals surface area contributed by atoms with Gasteiger partial charge in [0, 0.05) is 19.1 Å². The lowest BCUT2D eigenvalue weighted by Crippen LogP contribution is -2.43. The van der Waals surface area contributed by atoms with Crippen LogP contribution in [-0.2, 0) is 0 Å². The van der Waals surface area contributed by atoms with Crippen molar-refractivity contribution in [2.75, 3.05) is 13.1 Å². The SMILES string of the molecule is C=CCN1CC(O)CCC1C. The van der Waals surface area contributed by atoms with Crippen molar-refractivity contribution in [3.8, 4) is 0 Å². The highest BCUT2D eigenvalue weighted by molar-refractivity contribution is 4.83. The van der Waals surface area contributed by atoms with E-state index in [1.165, 1.54) is 0 Å². The molecule has 11 heavy (non-hydrogen) atoms. The predicted molar refractivity (Wildman–Crippen MR) is 46.5 cm³/mol. The third kappa shape index (κ3) is 2.31. The number of aliphatic hydroxyl groups excluding tert-OH is 1. The van der Waals surface area contributed by atoms with Gasteiger partial charge >= 0.3 is 0 Å². The van der Waals surface area contributed by atoms with Gasteiger partial charge in [-0.25, -0.2) is 0 Å². The summed E-state index contributed by atoms with van der Waals surface area (Å²) in [6.07, 6.45) is 3.84. The molecule has 2 unspecified atom stereocenters. The third-order valence-corrected chi connectivity index (χ3v) is 2.35. The van der Waals surface area contributed by atoms with Crippen LogP contribution in [0.4, 0.5) is 0 Å². The molecule has 0 bridgehead atoms. The Morgan fingerprint density at radius 3 is 3.00 bits per heavy atom.